The lowest BCUT2D eigenvalue weighted by molar-refractivity contribution is 0.378. The number of nitrogen functional groups attached to an aromatic ring is 1. The van der Waals surface area contributed by atoms with Gasteiger partial charge in [0.05, 0.1) is 11.6 Å². The summed E-state index contributed by atoms with van der Waals surface area (Å²) in [6, 6.07) is 0.451. The van der Waals surface area contributed by atoms with Gasteiger partial charge in [0.25, 0.3) is 0 Å². The molecule has 1 aliphatic carbocycles. The minimum atomic E-state index is 0.270. The van der Waals surface area contributed by atoms with E-state index in [4.69, 9.17) is 5.73 Å². The molecule has 3 rings (SSSR count). The molecule has 0 bridgehead atoms. The van der Waals surface area contributed by atoms with Crippen LogP contribution in [-0.2, 0) is 0 Å². The van der Waals surface area contributed by atoms with Gasteiger partial charge < -0.3 is 11.1 Å². The maximum Gasteiger partial charge on any atom is 0.224 e. The van der Waals surface area contributed by atoms with E-state index >= 15 is 0 Å². The van der Waals surface area contributed by atoms with E-state index in [2.05, 4.69) is 39.3 Å². The number of nitrogens with two attached hydrogens (primary N) is 1. The summed E-state index contributed by atoms with van der Waals surface area (Å²) >= 11 is 0. The molecule has 1 saturated carbocycles. The van der Waals surface area contributed by atoms with Crippen molar-refractivity contribution < 1.29 is 0 Å². The summed E-state index contributed by atoms with van der Waals surface area (Å²) in [6.45, 7) is 4.60. The average Bonchev–Trinajstić information content (AvgIpc) is 2.84. The van der Waals surface area contributed by atoms with Gasteiger partial charge in [-0.25, -0.2) is 0 Å². The first-order valence-corrected chi connectivity index (χ1v) is 6.27. The Bertz CT molecular complexity index is 573. The van der Waals surface area contributed by atoms with E-state index in [0.717, 1.165) is 24.0 Å². The molecule has 0 radical (unpaired) electrons. The Labute approximate surface area is 105 Å². The third-order valence-electron chi connectivity index (χ3n) is 3.64. The van der Waals surface area contributed by atoms with Crippen molar-refractivity contribution in [2.24, 2.45) is 5.41 Å². The largest absolute Gasteiger partial charge is 0.368 e. The second-order valence-corrected chi connectivity index (χ2v) is 5.81. The highest BCUT2D eigenvalue weighted by atomic mass is 15.2. The van der Waals surface area contributed by atoms with E-state index < -0.39 is 0 Å². The van der Waals surface area contributed by atoms with Crippen molar-refractivity contribution in [3.63, 3.8) is 0 Å². The molecule has 2 aromatic rings. The van der Waals surface area contributed by atoms with E-state index in [-0.39, 0.29) is 5.95 Å². The molecule has 6 nitrogen and oxygen atoms in total. The minimum absolute atomic E-state index is 0.270. The van der Waals surface area contributed by atoms with Gasteiger partial charge in [-0.3, -0.25) is 5.10 Å². The second-order valence-electron chi connectivity index (χ2n) is 5.81. The molecule has 0 spiro atoms. The number of hydrogen-bond acceptors (Lipinski definition) is 5. The second kappa shape index (κ2) is 3.83. The summed E-state index contributed by atoms with van der Waals surface area (Å²) in [5.41, 5.74) is 6.79. The average molecular weight is 246 g/mol. The summed E-state index contributed by atoms with van der Waals surface area (Å²) in [4.78, 5) is 8.39. The molecule has 0 saturated heterocycles. The molecule has 18 heavy (non-hydrogen) atoms. The van der Waals surface area contributed by atoms with Crippen LogP contribution in [0.5, 0.6) is 0 Å². The molecular weight excluding hydrogens is 228 g/mol. The lowest BCUT2D eigenvalue weighted by Gasteiger charge is -2.18. The van der Waals surface area contributed by atoms with Crippen molar-refractivity contribution in [1.29, 1.82) is 0 Å². The zero-order valence-corrected chi connectivity index (χ0v) is 10.7. The van der Waals surface area contributed by atoms with Crippen molar-refractivity contribution in [3.8, 4) is 0 Å². The van der Waals surface area contributed by atoms with Crippen LogP contribution in [-0.4, -0.2) is 26.2 Å². The van der Waals surface area contributed by atoms with E-state index in [1.165, 1.54) is 6.42 Å². The van der Waals surface area contributed by atoms with Gasteiger partial charge in [-0.05, 0) is 24.7 Å². The van der Waals surface area contributed by atoms with Crippen molar-refractivity contribution in [2.75, 3.05) is 11.1 Å². The smallest absolute Gasteiger partial charge is 0.224 e. The molecule has 96 valence electrons. The van der Waals surface area contributed by atoms with E-state index in [9.17, 15) is 0 Å². The molecule has 4 N–H and O–H groups in total. The Kier molecular flexibility index (Phi) is 2.39. The number of aromatic nitrogens is 4. The van der Waals surface area contributed by atoms with Gasteiger partial charge in [-0.1, -0.05) is 13.8 Å². The Morgan fingerprint density at radius 1 is 1.44 bits per heavy atom. The molecule has 0 aliphatic heterocycles. The van der Waals surface area contributed by atoms with E-state index in [1.807, 2.05) is 0 Å². The quantitative estimate of drug-likeness (QED) is 0.753. The molecule has 6 heteroatoms. The number of aromatic amines is 1. The highest BCUT2D eigenvalue weighted by molar-refractivity contribution is 5.86. The van der Waals surface area contributed by atoms with Gasteiger partial charge in [0.1, 0.15) is 5.82 Å². The molecule has 1 aliphatic rings. The SMILES string of the molecule is CC1(C)CCC(Nc2nc(N)nc3[nH]ncc23)C1. The summed E-state index contributed by atoms with van der Waals surface area (Å²) < 4.78 is 0. The highest BCUT2D eigenvalue weighted by Crippen LogP contribution is 2.38. The van der Waals surface area contributed by atoms with Crippen LogP contribution in [0.15, 0.2) is 6.20 Å². The van der Waals surface area contributed by atoms with Crippen LogP contribution in [0.1, 0.15) is 33.1 Å². The van der Waals surface area contributed by atoms with Crippen LogP contribution in [0.4, 0.5) is 11.8 Å². The van der Waals surface area contributed by atoms with Gasteiger partial charge in [0.15, 0.2) is 5.65 Å². The fourth-order valence-corrected chi connectivity index (χ4v) is 2.71. The topological polar surface area (TPSA) is 92.5 Å². The number of H-pyrrole nitrogens is 1. The predicted octanol–water partition coefficient (Wildman–Crippen LogP) is 1.93. The Balaban J connectivity index is 1.88. The number of hydrogen-bond donors (Lipinski definition) is 3. The van der Waals surface area contributed by atoms with Crippen LogP contribution < -0.4 is 11.1 Å². The standard InChI is InChI=1S/C12H18N6/c1-12(2)4-3-7(5-12)15-9-8-6-14-18-10(8)17-11(13)16-9/h6-7H,3-5H2,1-2H3,(H4,13,14,15,16,17,18). The zero-order chi connectivity index (χ0) is 12.8. The predicted molar refractivity (Wildman–Crippen MR) is 71.1 cm³/mol. The van der Waals surface area contributed by atoms with Crippen LogP contribution >= 0.6 is 0 Å². The monoisotopic (exact) mass is 246 g/mol. The van der Waals surface area contributed by atoms with Gasteiger partial charge in [0, 0.05) is 6.04 Å². The Morgan fingerprint density at radius 3 is 3.00 bits per heavy atom. The van der Waals surface area contributed by atoms with Crippen LogP contribution in [0.3, 0.4) is 0 Å². The maximum absolute atomic E-state index is 5.70. The normalized spacial score (nSPS) is 22.4. The van der Waals surface area contributed by atoms with Crippen LogP contribution in [0.2, 0.25) is 0 Å². The van der Waals surface area contributed by atoms with Crippen molar-refractivity contribution in [2.45, 2.75) is 39.2 Å². The number of nitrogens with zero attached hydrogens (tertiary/aromatic N) is 3. The molecule has 1 fully saturated rings. The van der Waals surface area contributed by atoms with E-state index in [1.54, 1.807) is 6.20 Å². The molecule has 0 aromatic carbocycles. The molecule has 2 aromatic heterocycles. The number of anilines is 2. The molecule has 2 heterocycles. The first-order valence-electron chi connectivity index (χ1n) is 6.27. The zero-order valence-electron chi connectivity index (χ0n) is 10.7. The molecule has 1 unspecified atom stereocenters. The first-order chi connectivity index (χ1) is 8.53. The lowest BCUT2D eigenvalue weighted by Crippen LogP contribution is -2.19. The van der Waals surface area contributed by atoms with Gasteiger partial charge in [-0.2, -0.15) is 15.1 Å². The summed E-state index contributed by atoms with van der Waals surface area (Å²) in [5.74, 6) is 1.06. The van der Waals surface area contributed by atoms with Crippen molar-refractivity contribution in [3.05, 3.63) is 6.20 Å². The fourth-order valence-electron chi connectivity index (χ4n) is 2.71. The van der Waals surface area contributed by atoms with E-state index in [0.29, 0.717) is 17.1 Å². The number of rotatable bonds is 2. The van der Waals surface area contributed by atoms with Gasteiger partial charge in [0.2, 0.25) is 5.95 Å². The third kappa shape index (κ3) is 1.98. The third-order valence-corrected chi connectivity index (χ3v) is 3.64. The Hall–Kier alpha value is -1.85. The maximum atomic E-state index is 5.70. The molecule has 0 amide bonds. The number of fused-ring (bicyclic) bond motifs is 1. The summed E-state index contributed by atoms with van der Waals surface area (Å²) in [5, 5.41) is 11.2. The first kappa shape index (κ1) is 11.3. The Morgan fingerprint density at radius 2 is 2.28 bits per heavy atom. The molecular formula is C12H18N6. The minimum Gasteiger partial charge on any atom is -0.368 e. The summed E-state index contributed by atoms with van der Waals surface area (Å²) in [6.07, 6.45) is 5.28. The molecule has 1 atom stereocenters. The number of nitrogens with one attached hydrogen (secondary N) is 2. The van der Waals surface area contributed by atoms with Gasteiger partial charge >= 0.3 is 0 Å². The van der Waals surface area contributed by atoms with Crippen molar-refractivity contribution >= 4 is 22.8 Å². The van der Waals surface area contributed by atoms with Crippen molar-refractivity contribution in [1.82, 2.24) is 20.2 Å². The lowest BCUT2D eigenvalue weighted by atomic mass is 9.92. The highest BCUT2D eigenvalue weighted by Gasteiger charge is 2.31. The van der Waals surface area contributed by atoms with Crippen LogP contribution in [0, 0.1) is 5.41 Å². The fraction of sp³-hybridized carbons (Fsp3) is 0.583. The van der Waals surface area contributed by atoms with Crippen LogP contribution in [0.25, 0.3) is 11.0 Å². The van der Waals surface area contributed by atoms with Gasteiger partial charge in [-0.15, -0.1) is 0 Å². The summed E-state index contributed by atoms with van der Waals surface area (Å²) in [7, 11) is 0.